The molecule has 142 valence electrons. The third-order valence-electron chi connectivity index (χ3n) is 5.00. The second-order valence-corrected chi connectivity index (χ2v) is 6.86. The topological polar surface area (TPSA) is 53.6 Å². The van der Waals surface area contributed by atoms with Crippen LogP contribution in [0.2, 0.25) is 0 Å². The van der Waals surface area contributed by atoms with Crippen LogP contribution in [0.3, 0.4) is 0 Å². The highest BCUT2D eigenvalue weighted by Crippen LogP contribution is 2.36. The van der Waals surface area contributed by atoms with Gasteiger partial charge in [-0.05, 0) is 50.0 Å². The average molecular weight is 384 g/mol. The van der Waals surface area contributed by atoms with Crippen molar-refractivity contribution in [3.63, 3.8) is 0 Å². The number of thiocarbonyl (C=S) groups is 1. The lowest BCUT2D eigenvalue weighted by atomic mass is 9.90. The van der Waals surface area contributed by atoms with E-state index in [9.17, 15) is 4.79 Å². The first-order chi connectivity index (χ1) is 13.0. The quantitative estimate of drug-likeness (QED) is 0.774. The van der Waals surface area contributed by atoms with E-state index in [1.165, 1.54) is 0 Å². The number of benzene rings is 2. The molecular formula is C21H25N3O2S. The highest BCUT2D eigenvalue weighted by atomic mass is 32.1. The van der Waals surface area contributed by atoms with Crippen LogP contribution in [0, 0.1) is 0 Å². The number of ether oxygens (including phenoxy) is 1. The number of allylic oxidation sites excluding steroid dienone is 1. The van der Waals surface area contributed by atoms with Crippen molar-refractivity contribution >= 4 is 34.0 Å². The van der Waals surface area contributed by atoms with Crippen LogP contribution in [0.1, 0.15) is 32.4 Å². The number of nitrogens with one attached hydrogen (secondary N) is 2. The van der Waals surface area contributed by atoms with E-state index < -0.39 is 0 Å². The van der Waals surface area contributed by atoms with Crippen LogP contribution in [0.15, 0.2) is 47.7 Å². The number of hydrogen-bond acceptors (Lipinski definition) is 3. The van der Waals surface area contributed by atoms with Crippen molar-refractivity contribution in [1.29, 1.82) is 0 Å². The Morgan fingerprint density at radius 1 is 1.15 bits per heavy atom. The molecule has 1 aliphatic heterocycles. The zero-order valence-electron chi connectivity index (χ0n) is 16.1. The van der Waals surface area contributed by atoms with Gasteiger partial charge >= 0.3 is 0 Å². The number of fused-ring (bicyclic) bond motifs is 1. The normalized spacial score (nSPS) is 16.7. The Kier molecular flexibility index (Phi) is 5.65. The summed E-state index contributed by atoms with van der Waals surface area (Å²) in [4.78, 5) is 15.1. The molecule has 0 aromatic heterocycles. The third-order valence-corrected chi connectivity index (χ3v) is 5.22. The van der Waals surface area contributed by atoms with Crippen molar-refractivity contribution in [1.82, 2.24) is 15.5 Å². The highest BCUT2D eigenvalue weighted by molar-refractivity contribution is 7.80. The number of methoxy groups -OCH3 is 1. The van der Waals surface area contributed by atoms with Crippen molar-refractivity contribution in [3.8, 4) is 5.75 Å². The van der Waals surface area contributed by atoms with Crippen LogP contribution in [-0.2, 0) is 4.79 Å². The molecule has 0 spiro atoms. The van der Waals surface area contributed by atoms with Crippen LogP contribution >= 0.6 is 12.2 Å². The summed E-state index contributed by atoms with van der Waals surface area (Å²) >= 11 is 5.39. The van der Waals surface area contributed by atoms with Crippen molar-refractivity contribution in [2.75, 3.05) is 20.2 Å². The summed E-state index contributed by atoms with van der Waals surface area (Å²) in [6.45, 7) is 7.20. The molecule has 1 heterocycles. The third kappa shape index (κ3) is 3.49. The van der Waals surface area contributed by atoms with E-state index in [1.54, 1.807) is 7.11 Å². The fraction of sp³-hybridized carbons (Fsp3) is 0.333. The van der Waals surface area contributed by atoms with E-state index in [0.29, 0.717) is 23.8 Å². The predicted octanol–water partition coefficient (Wildman–Crippen LogP) is 3.51. The number of nitrogens with zero attached hydrogens (tertiary/aromatic N) is 1. The fourth-order valence-electron chi connectivity index (χ4n) is 3.62. The molecule has 2 aromatic carbocycles. The van der Waals surface area contributed by atoms with Crippen LogP contribution in [0.25, 0.3) is 10.8 Å². The highest BCUT2D eigenvalue weighted by Gasteiger charge is 2.32. The molecule has 1 atom stereocenters. The van der Waals surface area contributed by atoms with Crippen molar-refractivity contribution in [2.45, 2.75) is 26.8 Å². The molecule has 2 N–H and O–H groups in total. The minimum Gasteiger partial charge on any atom is -0.496 e. The first kappa shape index (κ1) is 19.2. The van der Waals surface area contributed by atoms with E-state index >= 15 is 0 Å². The SMILES string of the molecule is CCN(CC)C(=O)C1=C(C)NC(=S)N[C@H]1c1ccc(OC)c2ccccc12. The molecular weight excluding hydrogens is 358 g/mol. The summed E-state index contributed by atoms with van der Waals surface area (Å²) in [7, 11) is 1.67. The number of carbonyl (C=O) groups is 1. The molecule has 1 amide bonds. The minimum absolute atomic E-state index is 0.0184. The van der Waals surface area contributed by atoms with Crippen molar-refractivity contribution < 1.29 is 9.53 Å². The van der Waals surface area contributed by atoms with Crippen LogP contribution in [-0.4, -0.2) is 36.1 Å². The Bertz CT molecular complexity index is 919. The molecule has 3 rings (SSSR count). The van der Waals surface area contributed by atoms with Gasteiger partial charge in [-0.15, -0.1) is 0 Å². The molecule has 0 aliphatic carbocycles. The maximum absolute atomic E-state index is 13.2. The van der Waals surface area contributed by atoms with Crippen LogP contribution in [0.5, 0.6) is 5.75 Å². The minimum atomic E-state index is -0.317. The molecule has 0 saturated heterocycles. The average Bonchev–Trinajstić information content (AvgIpc) is 2.67. The smallest absolute Gasteiger partial charge is 0.253 e. The molecule has 27 heavy (non-hydrogen) atoms. The molecule has 5 nitrogen and oxygen atoms in total. The van der Waals surface area contributed by atoms with Gasteiger partial charge in [0.1, 0.15) is 5.75 Å². The molecule has 0 fully saturated rings. The number of carbonyl (C=O) groups excluding carboxylic acids is 1. The van der Waals surface area contributed by atoms with Gasteiger partial charge in [0.05, 0.1) is 18.7 Å². The summed E-state index contributed by atoms with van der Waals surface area (Å²) < 4.78 is 5.51. The van der Waals surface area contributed by atoms with Gasteiger partial charge in [-0.2, -0.15) is 0 Å². The van der Waals surface area contributed by atoms with Gasteiger partial charge in [0.15, 0.2) is 5.11 Å². The number of amides is 1. The maximum Gasteiger partial charge on any atom is 0.253 e. The lowest BCUT2D eigenvalue weighted by molar-refractivity contribution is -0.127. The zero-order chi connectivity index (χ0) is 19.6. The number of rotatable bonds is 5. The van der Waals surface area contributed by atoms with E-state index in [4.69, 9.17) is 17.0 Å². The molecule has 0 radical (unpaired) electrons. The lowest BCUT2D eigenvalue weighted by Gasteiger charge is -2.33. The van der Waals surface area contributed by atoms with Gasteiger partial charge in [0, 0.05) is 24.2 Å². The predicted molar refractivity (Wildman–Crippen MR) is 113 cm³/mol. The zero-order valence-corrected chi connectivity index (χ0v) is 16.9. The number of likely N-dealkylation sites (N-methyl/N-ethyl adjacent to an activating group) is 1. The van der Waals surface area contributed by atoms with E-state index in [-0.39, 0.29) is 11.9 Å². The molecule has 0 bridgehead atoms. The van der Waals surface area contributed by atoms with Crippen LogP contribution in [0.4, 0.5) is 0 Å². The number of hydrogen-bond donors (Lipinski definition) is 2. The summed E-state index contributed by atoms with van der Waals surface area (Å²) in [6.07, 6.45) is 0. The van der Waals surface area contributed by atoms with Gasteiger partial charge < -0.3 is 20.3 Å². The second-order valence-electron chi connectivity index (χ2n) is 6.45. The monoisotopic (exact) mass is 383 g/mol. The largest absolute Gasteiger partial charge is 0.496 e. The van der Waals surface area contributed by atoms with Crippen LogP contribution < -0.4 is 15.4 Å². The maximum atomic E-state index is 13.2. The Labute approximate surface area is 165 Å². The molecule has 0 unspecified atom stereocenters. The van der Waals surface area contributed by atoms with E-state index in [2.05, 4.69) is 16.7 Å². The summed E-state index contributed by atoms with van der Waals surface area (Å²) in [6, 6.07) is 11.7. The molecule has 2 aromatic rings. The lowest BCUT2D eigenvalue weighted by Crippen LogP contribution is -2.47. The summed E-state index contributed by atoms with van der Waals surface area (Å²) in [5.41, 5.74) is 2.49. The van der Waals surface area contributed by atoms with Gasteiger partial charge in [-0.3, -0.25) is 4.79 Å². The van der Waals surface area contributed by atoms with Gasteiger partial charge in [-0.1, -0.05) is 30.3 Å². The summed E-state index contributed by atoms with van der Waals surface area (Å²) in [5, 5.41) is 8.98. The standard InChI is InChI=1S/C21H25N3O2S/c1-5-24(6-2)20(25)18-13(3)22-21(27)23-19(18)16-11-12-17(26-4)15-10-8-7-9-14(15)16/h7-12,19H,5-6H2,1-4H3,(H2,22,23,27)/t19-/m0/s1. The molecule has 6 heteroatoms. The first-order valence-electron chi connectivity index (χ1n) is 9.14. The van der Waals surface area contributed by atoms with Gasteiger partial charge in [0.2, 0.25) is 0 Å². The van der Waals surface area contributed by atoms with Gasteiger partial charge in [-0.25, -0.2) is 0 Å². The first-order valence-corrected chi connectivity index (χ1v) is 9.55. The Morgan fingerprint density at radius 2 is 1.81 bits per heavy atom. The second kappa shape index (κ2) is 7.96. The van der Waals surface area contributed by atoms with E-state index in [0.717, 1.165) is 27.8 Å². The Morgan fingerprint density at radius 3 is 2.44 bits per heavy atom. The van der Waals surface area contributed by atoms with E-state index in [1.807, 2.05) is 56.0 Å². The Hall–Kier alpha value is -2.60. The summed E-state index contributed by atoms with van der Waals surface area (Å²) in [5.74, 6) is 0.827. The van der Waals surface area contributed by atoms with Crippen molar-refractivity contribution in [2.24, 2.45) is 0 Å². The van der Waals surface area contributed by atoms with Gasteiger partial charge in [0.25, 0.3) is 5.91 Å². The Balaban J connectivity index is 2.19. The molecule has 1 aliphatic rings. The fourth-order valence-corrected chi connectivity index (χ4v) is 3.89. The molecule has 0 saturated carbocycles. The van der Waals surface area contributed by atoms with Crippen molar-refractivity contribution in [3.05, 3.63) is 53.2 Å².